The SMILES string of the molecule is O=C1C=CC(=O)N1CC(S)S. The van der Waals surface area contributed by atoms with Gasteiger partial charge in [0.15, 0.2) is 0 Å². The van der Waals surface area contributed by atoms with Crippen LogP contribution in [0.5, 0.6) is 0 Å². The van der Waals surface area contributed by atoms with Gasteiger partial charge in [-0.05, 0) is 0 Å². The summed E-state index contributed by atoms with van der Waals surface area (Å²) in [6, 6.07) is 0. The first kappa shape index (κ1) is 8.67. The minimum atomic E-state index is -0.289. The van der Waals surface area contributed by atoms with E-state index in [2.05, 4.69) is 25.3 Å². The third kappa shape index (κ3) is 2.00. The van der Waals surface area contributed by atoms with Crippen molar-refractivity contribution < 1.29 is 9.59 Å². The average Bonchev–Trinajstić information content (AvgIpc) is 2.18. The summed E-state index contributed by atoms with van der Waals surface area (Å²) >= 11 is 7.89. The Morgan fingerprint density at radius 3 is 2.09 bits per heavy atom. The van der Waals surface area contributed by atoms with Crippen LogP contribution in [0.15, 0.2) is 12.2 Å². The van der Waals surface area contributed by atoms with Gasteiger partial charge in [-0.2, -0.15) is 25.3 Å². The number of hydrogen-bond donors (Lipinski definition) is 2. The summed E-state index contributed by atoms with van der Waals surface area (Å²) in [6.07, 6.45) is 2.48. The molecule has 1 heterocycles. The van der Waals surface area contributed by atoms with Crippen molar-refractivity contribution >= 4 is 37.1 Å². The summed E-state index contributed by atoms with van der Waals surface area (Å²) < 4.78 is -0.275. The Bertz CT molecular complexity index is 207. The molecule has 3 nitrogen and oxygen atoms in total. The van der Waals surface area contributed by atoms with Crippen molar-refractivity contribution in [1.82, 2.24) is 4.90 Å². The Kier molecular flexibility index (Phi) is 2.62. The molecule has 0 N–H and O–H groups in total. The van der Waals surface area contributed by atoms with Crippen molar-refractivity contribution in [2.24, 2.45) is 0 Å². The number of imide groups is 1. The number of thiol groups is 2. The van der Waals surface area contributed by atoms with Crippen molar-refractivity contribution in [2.75, 3.05) is 6.54 Å². The van der Waals surface area contributed by atoms with Crippen LogP contribution in [0, 0.1) is 0 Å². The predicted molar refractivity (Wildman–Crippen MR) is 47.6 cm³/mol. The second-order valence-corrected chi connectivity index (χ2v) is 3.76. The molecule has 0 aromatic rings. The Balaban J connectivity index is 2.59. The molecular formula is C6H7NO2S2. The van der Waals surface area contributed by atoms with E-state index in [1.807, 2.05) is 0 Å². The van der Waals surface area contributed by atoms with E-state index in [0.717, 1.165) is 4.90 Å². The molecule has 1 aliphatic rings. The first-order chi connectivity index (χ1) is 5.11. The summed E-state index contributed by atoms with van der Waals surface area (Å²) in [5.74, 6) is -0.578. The molecule has 0 atom stereocenters. The van der Waals surface area contributed by atoms with Crippen LogP contribution in [-0.4, -0.2) is 27.8 Å². The van der Waals surface area contributed by atoms with Crippen molar-refractivity contribution in [3.63, 3.8) is 0 Å². The Morgan fingerprint density at radius 1 is 1.27 bits per heavy atom. The molecule has 0 saturated heterocycles. The monoisotopic (exact) mass is 189 g/mol. The molecule has 60 valence electrons. The van der Waals surface area contributed by atoms with Gasteiger partial charge in [0.25, 0.3) is 11.8 Å². The molecule has 0 aromatic heterocycles. The van der Waals surface area contributed by atoms with Crippen molar-refractivity contribution in [2.45, 2.75) is 4.58 Å². The zero-order chi connectivity index (χ0) is 8.43. The third-order valence-corrected chi connectivity index (χ3v) is 1.57. The lowest BCUT2D eigenvalue weighted by atomic mass is 10.5. The highest BCUT2D eigenvalue weighted by atomic mass is 32.2. The van der Waals surface area contributed by atoms with E-state index in [9.17, 15) is 9.59 Å². The molecule has 0 fully saturated rings. The largest absolute Gasteiger partial charge is 0.273 e. The molecule has 1 rings (SSSR count). The van der Waals surface area contributed by atoms with Crippen LogP contribution in [-0.2, 0) is 9.59 Å². The van der Waals surface area contributed by atoms with Gasteiger partial charge in [-0.3, -0.25) is 14.5 Å². The number of rotatable bonds is 2. The number of carbonyl (C=O) groups is 2. The van der Waals surface area contributed by atoms with E-state index in [4.69, 9.17) is 0 Å². The van der Waals surface area contributed by atoms with Crippen LogP contribution in [0.2, 0.25) is 0 Å². The molecule has 11 heavy (non-hydrogen) atoms. The fraction of sp³-hybridized carbons (Fsp3) is 0.333. The quantitative estimate of drug-likeness (QED) is 0.367. The van der Waals surface area contributed by atoms with Crippen LogP contribution in [0.3, 0.4) is 0 Å². The van der Waals surface area contributed by atoms with E-state index in [1.54, 1.807) is 0 Å². The van der Waals surface area contributed by atoms with E-state index in [0.29, 0.717) is 0 Å². The van der Waals surface area contributed by atoms with E-state index in [-0.39, 0.29) is 22.9 Å². The molecular weight excluding hydrogens is 182 g/mol. The van der Waals surface area contributed by atoms with Crippen LogP contribution >= 0.6 is 25.3 Å². The van der Waals surface area contributed by atoms with Crippen LogP contribution in [0.1, 0.15) is 0 Å². The molecule has 0 bridgehead atoms. The minimum absolute atomic E-state index is 0.247. The molecule has 0 radical (unpaired) electrons. The standard InChI is InChI=1S/C6H7NO2S2/c8-4-1-2-5(9)7(4)3-6(10)11/h1-2,6,10-11H,3H2. The third-order valence-electron chi connectivity index (χ3n) is 1.25. The number of amides is 2. The molecule has 0 unspecified atom stereocenters. The molecule has 5 heteroatoms. The summed E-state index contributed by atoms with van der Waals surface area (Å²) in [7, 11) is 0. The van der Waals surface area contributed by atoms with E-state index in [1.165, 1.54) is 12.2 Å². The van der Waals surface area contributed by atoms with Crippen molar-refractivity contribution in [3.05, 3.63) is 12.2 Å². The Morgan fingerprint density at radius 2 is 1.73 bits per heavy atom. The summed E-state index contributed by atoms with van der Waals surface area (Å²) in [6.45, 7) is 0.247. The lowest BCUT2D eigenvalue weighted by Crippen LogP contribution is -2.33. The molecule has 1 aliphatic heterocycles. The van der Waals surface area contributed by atoms with E-state index >= 15 is 0 Å². The van der Waals surface area contributed by atoms with Gasteiger partial charge < -0.3 is 0 Å². The van der Waals surface area contributed by atoms with Crippen LogP contribution in [0.25, 0.3) is 0 Å². The normalized spacial score (nSPS) is 17.2. The fourth-order valence-corrected chi connectivity index (χ4v) is 1.10. The maximum atomic E-state index is 10.9. The molecule has 0 aliphatic carbocycles. The smallest absolute Gasteiger partial charge is 0.253 e. The van der Waals surface area contributed by atoms with Gasteiger partial charge in [-0.1, -0.05) is 0 Å². The van der Waals surface area contributed by atoms with Gasteiger partial charge in [0.1, 0.15) is 0 Å². The fourth-order valence-electron chi connectivity index (χ4n) is 0.774. The lowest BCUT2D eigenvalue weighted by Gasteiger charge is -2.14. The Labute approximate surface area is 75.3 Å². The van der Waals surface area contributed by atoms with Crippen molar-refractivity contribution in [1.29, 1.82) is 0 Å². The van der Waals surface area contributed by atoms with Gasteiger partial charge in [-0.25, -0.2) is 0 Å². The topological polar surface area (TPSA) is 37.4 Å². The summed E-state index contributed by atoms with van der Waals surface area (Å²) in [4.78, 5) is 22.8. The summed E-state index contributed by atoms with van der Waals surface area (Å²) in [5.41, 5.74) is 0. The molecule has 0 aromatic carbocycles. The second kappa shape index (κ2) is 3.32. The number of carbonyl (C=O) groups excluding carboxylic acids is 2. The highest BCUT2D eigenvalue weighted by Crippen LogP contribution is 2.08. The first-order valence-electron chi connectivity index (χ1n) is 3.01. The maximum absolute atomic E-state index is 10.9. The second-order valence-electron chi connectivity index (χ2n) is 2.10. The van der Waals surface area contributed by atoms with E-state index < -0.39 is 0 Å². The first-order valence-corrected chi connectivity index (χ1v) is 4.04. The number of nitrogens with zero attached hydrogens (tertiary/aromatic N) is 1. The molecule has 2 amide bonds. The highest BCUT2D eigenvalue weighted by molar-refractivity contribution is 7.99. The molecule has 0 saturated carbocycles. The zero-order valence-corrected chi connectivity index (χ0v) is 7.39. The highest BCUT2D eigenvalue weighted by Gasteiger charge is 2.23. The zero-order valence-electron chi connectivity index (χ0n) is 5.60. The summed E-state index contributed by atoms with van der Waals surface area (Å²) in [5, 5.41) is 0. The average molecular weight is 189 g/mol. The number of hydrogen-bond acceptors (Lipinski definition) is 4. The van der Waals surface area contributed by atoms with Gasteiger partial charge in [0.2, 0.25) is 0 Å². The van der Waals surface area contributed by atoms with Gasteiger partial charge in [-0.15, -0.1) is 0 Å². The van der Waals surface area contributed by atoms with Crippen molar-refractivity contribution in [3.8, 4) is 0 Å². The van der Waals surface area contributed by atoms with Gasteiger partial charge in [0, 0.05) is 18.7 Å². The molecule has 0 spiro atoms. The lowest BCUT2D eigenvalue weighted by molar-refractivity contribution is -0.136. The minimum Gasteiger partial charge on any atom is -0.273 e. The van der Waals surface area contributed by atoms with Gasteiger partial charge >= 0.3 is 0 Å². The maximum Gasteiger partial charge on any atom is 0.253 e. The van der Waals surface area contributed by atoms with Gasteiger partial charge in [0.05, 0.1) is 4.58 Å². The predicted octanol–water partition coefficient (Wildman–Crippen LogP) is 0.0971. The van der Waals surface area contributed by atoms with Crippen LogP contribution in [0.4, 0.5) is 0 Å². The van der Waals surface area contributed by atoms with Crippen LogP contribution < -0.4 is 0 Å². The Hall–Kier alpha value is -0.420.